The van der Waals surface area contributed by atoms with Crippen LogP contribution in [-0.4, -0.2) is 37.1 Å². The molecule has 2 aliphatic rings. The zero-order valence-corrected chi connectivity index (χ0v) is 15.1. The second kappa shape index (κ2) is 7.46. The summed E-state index contributed by atoms with van der Waals surface area (Å²) >= 11 is 0. The Morgan fingerprint density at radius 1 is 1.10 bits per heavy atom. The Bertz CT molecular complexity index is 309. The van der Waals surface area contributed by atoms with Crippen molar-refractivity contribution in [1.82, 2.24) is 10.2 Å². The van der Waals surface area contributed by atoms with Gasteiger partial charge >= 0.3 is 0 Å². The Hall–Kier alpha value is -0.0800. The monoisotopic (exact) mass is 294 g/mol. The largest absolute Gasteiger partial charge is 0.312 e. The summed E-state index contributed by atoms with van der Waals surface area (Å²) in [5, 5.41) is 3.94. The van der Waals surface area contributed by atoms with Crippen molar-refractivity contribution >= 4 is 0 Å². The van der Waals surface area contributed by atoms with Gasteiger partial charge in [0.15, 0.2) is 0 Å². The molecule has 2 heteroatoms. The number of nitrogens with one attached hydrogen (secondary N) is 1. The van der Waals surface area contributed by atoms with Gasteiger partial charge in [0.25, 0.3) is 0 Å². The fraction of sp³-hybridized carbons (Fsp3) is 1.00. The minimum atomic E-state index is 0.330. The lowest BCUT2D eigenvalue weighted by atomic mass is 9.75. The summed E-state index contributed by atoms with van der Waals surface area (Å²) in [5.41, 5.74) is 0.330. The van der Waals surface area contributed by atoms with Crippen LogP contribution in [0.15, 0.2) is 0 Å². The predicted molar refractivity (Wildman–Crippen MR) is 92.6 cm³/mol. The predicted octanol–water partition coefficient (Wildman–Crippen LogP) is 4.30. The molecule has 1 N–H and O–H groups in total. The normalized spacial score (nSPS) is 30.3. The number of hydrogen-bond donors (Lipinski definition) is 1. The average molecular weight is 295 g/mol. The molecule has 2 aliphatic carbocycles. The van der Waals surface area contributed by atoms with Crippen LogP contribution in [0.4, 0.5) is 0 Å². The van der Waals surface area contributed by atoms with E-state index < -0.39 is 0 Å². The number of likely N-dealkylation sites (N-methyl/N-ethyl adjacent to an activating group) is 1. The molecule has 4 atom stereocenters. The van der Waals surface area contributed by atoms with E-state index in [-0.39, 0.29) is 0 Å². The molecule has 21 heavy (non-hydrogen) atoms. The van der Waals surface area contributed by atoms with Gasteiger partial charge in [0, 0.05) is 11.6 Å². The minimum absolute atomic E-state index is 0.330. The standard InChI is InChI=1S/C19H38N2/c1-6-11-20-18(19(7-2,8-3)21(4)5)14-17-13-15-9-10-16(17)12-15/h15-18,20H,6-14H2,1-5H3. The van der Waals surface area contributed by atoms with Gasteiger partial charge in [-0.3, -0.25) is 0 Å². The van der Waals surface area contributed by atoms with Crippen LogP contribution in [0.25, 0.3) is 0 Å². The number of rotatable bonds is 9. The van der Waals surface area contributed by atoms with E-state index in [1.54, 1.807) is 6.42 Å². The summed E-state index contributed by atoms with van der Waals surface area (Å²) in [7, 11) is 4.57. The van der Waals surface area contributed by atoms with E-state index in [2.05, 4.69) is 45.1 Å². The summed E-state index contributed by atoms with van der Waals surface area (Å²) < 4.78 is 0. The van der Waals surface area contributed by atoms with E-state index >= 15 is 0 Å². The van der Waals surface area contributed by atoms with Crippen LogP contribution in [0.3, 0.4) is 0 Å². The first-order valence-electron chi connectivity index (χ1n) is 9.48. The van der Waals surface area contributed by atoms with Gasteiger partial charge < -0.3 is 10.2 Å². The molecule has 0 saturated heterocycles. The molecule has 0 aliphatic heterocycles. The maximum absolute atomic E-state index is 3.94. The third-order valence-corrected chi connectivity index (χ3v) is 6.83. The highest BCUT2D eigenvalue weighted by Crippen LogP contribution is 2.50. The van der Waals surface area contributed by atoms with Gasteiger partial charge in [-0.1, -0.05) is 27.2 Å². The van der Waals surface area contributed by atoms with Crippen molar-refractivity contribution in [1.29, 1.82) is 0 Å². The van der Waals surface area contributed by atoms with Crippen LogP contribution in [0.1, 0.15) is 72.1 Å². The molecule has 2 rings (SSSR count). The van der Waals surface area contributed by atoms with Gasteiger partial charge in [-0.2, -0.15) is 0 Å². The Morgan fingerprint density at radius 3 is 2.24 bits per heavy atom. The van der Waals surface area contributed by atoms with E-state index in [4.69, 9.17) is 0 Å². The molecular formula is C19H38N2. The fourth-order valence-electron chi connectivity index (χ4n) is 5.47. The van der Waals surface area contributed by atoms with Gasteiger partial charge in [-0.25, -0.2) is 0 Å². The highest BCUT2D eigenvalue weighted by atomic mass is 15.2. The molecule has 0 spiro atoms. The zero-order valence-electron chi connectivity index (χ0n) is 15.1. The van der Waals surface area contributed by atoms with E-state index in [0.717, 1.165) is 17.8 Å². The molecule has 0 aromatic rings. The molecule has 0 amide bonds. The van der Waals surface area contributed by atoms with Crippen LogP contribution >= 0.6 is 0 Å². The molecule has 0 aromatic carbocycles. The minimum Gasteiger partial charge on any atom is -0.312 e. The molecule has 2 bridgehead atoms. The van der Waals surface area contributed by atoms with Crippen LogP contribution in [-0.2, 0) is 0 Å². The lowest BCUT2D eigenvalue weighted by molar-refractivity contribution is 0.0699. The first-order chi connectivity index (χ1) is 10.1. The van der Waals surface area contributed by atoms with E-state index in [1.807, 2.05) is 0 Å². The van der Waals surface area contributed by atoms with E-state index in [9.17, 15) is 0 Å². The average Bonchev–Trinajstić information content (AvgIpc) is 3.08. The maximum Gasteiger partial charge on any atom is 0.0351 e. The highest BCUT2D eigenvalue weighted by molar-refractivity contribution is 5.01. The quantitative estimate of drug-likeness (QED) is 0.682. The summed E-state index contributed by atoms with van der Waals surface area (Å²) in [5.74, 6) is 3.12. The molecule has 0 heterocycles. The molecule has 0 aromatic heterocycles. The summed E-state index contributed by atoms with van der Waals surface area (Å²) in [6.07, 6.45) is 11.2. The van der Waals surface area contributed by atoms with Crippen molar-refractivity contribution in [2.75, 3.05) is 20.6 Å². The maximum atomic E-state index is 3.94. The van der Waals surface area contributed by atoms with Crippen LogP contribution < -0.4 is 5.32 Å². The summed E-state index contributed by atoms with van der Waals surface area (Å²) in [4.78, 5) is 2.51. The van der Waals surface area contributed by atoms with Crippen molar-refractivity contribution in [3.8, 4) is 0 Å². The first-order valence-corrected chi connectivity index (χ1v) is 9.48. The molecule has 2 saturated carbocycles. The first kappa shape index (κ1) is 17.3. The van der Waals surface area contributed by atoms with Crippen molar-refractivity contribution < 1.29 is 0 Å². The highest BCUT2D eigenvalue weighted by Gasteiger charge is 2.44. The Kier molecular flexibility index (Phi) is 6.14. The van der Waals surface area contributed by atoms with Crippen molar-refractivity contribution in [2.45, 2.75) is 83.7 Å². The van der Waals surface area contributed by atoms with Gasteiger partial charge in [0.2, 0.25) is 0 Å². The Morgan fingerprint density at radius 2 is 1.81 bits per heavy atom. The van der Waals surface area contributed by atoms with Gasteiger partial charge in [0.1, 0.15) is 0 Å². The number of hydrogen-bond acceptors (Lipinski definition) is 2. The Balaban J connectivity index is 2.08. The van der Waals surface area contributed by atoms with Gasteiger partial charge in [0.05, 0.1) is 0 Å². The summed E-state index contributed by atoms with van der Waals surface area (Å²) in [6, 6.07) is 0.659. The molecule has 2 fully saturated rings. The third kappa shape index (κ3) is 3.47. The number of nitrogens with zero attached hydrogens (tertiary/aromatic N) is 1. The third-order valence-electron chi connectivity index (χ3n) is 6.83. The fourth-order valence-corrected chi connectivity index (χ4v) is 5.47. The molecule has 4 unspecified atom stereocenters. The Labute approximate surface area is 133 Å². The second-order valence-electron chi connectivity index (χ2n) is 7.88. The lowest BCUT2D eigenvalue weighted by Crippen LogP contribution is -2.59. The molecule has 0 radical (unpaired) electrons. The SMILES string of the molecule is CCCNC(CC1CC2CCC1C2)C(CC)(CC)N(C)C. The second-order valence-corrected chi connectivity index (χ2v) is 7.88. The number of fused-ring (bicyclic) bond motifs is 2. The van der Waals surface area contributed by atoms with Gasteiger partial charge in [-0.15, -0.1) is 0 Å². The molecule has 124 valence electrons. The smallest absolute Gasteiger partial charge is 0.0351 e. The van der Waals surface area contributed by atoms with Gasteiger partial charge in [-0.05, 0) is 83.3 Å². The van der Waals surface area contributed by atoms with Crippen molar-refractivity contribution in [3.05, 3.63) is 0 Å². The van der Waals surface area contributed by atoms with Crippen molar-refractivity contribution in [3.63, 3.8) is 0 Å². The summed E-state index contributed by atoms with van der Waals surface area (Å²) in [6.45, 7) is 8.22. The van der Waals surface area contributed by atoms with E-state index in [0.29, 0.717) is 11.6 Å². The molecule has 2 nitrogen and oxygen atoms in total. The molecular weight excluding hydrogens is 256 g/mol. The van der Waals surface area contributed by atoms with Crippen LogP contribution in [0, 0.1) is 17.8 Å². The topological polar surface area (TPSA) is 15.3 Å². The van der Waals surface area contributed by atoms with Crippen molar-refractivity contribution in [2.24, 2.45) is 17.8 Å². The zero-order chi connectivity index (χ0) is 15.5. The lowest BCUT2D eigenvalue weighted by Gasteiger charge is -2.47. The van der Waals surface area contributed by atoms with E-state index in [1.165, 1.54) is 51.5 Å². The van der Waals surface area contributed by atoms with Crippen LogP contribution in [0.2, 0.25) is 0 Å². The van der Waals surface area contributed by atoms with Crippen LogP contribution in [0.5, 0.6) is 0 Å².